The third-order valence-electron chi connectivity index (χ3n) is 4.86. The van der Waals surface area contributed by atoms with Gasteiger partial charge in [-0.1, -0.05) is 18.2 Å². The molecule has 1 amide bonds. The van der Waals surface area contributed by atoms with E-state index < -0.39 is 10.0 Å². The number of ether oxygens (including phenoxy) is 1. The highest BCUT2D eigenvalue weighted by Crippen LogP contribution is 2.34. The molecule has 2 aromatic rings. The average Bonchev–Trinajstić information content (AvgIpc) is 2.73. The SMILES string of the molecule is O=C(c1cnc2c(c1)N(S(=O)(=O)c1ccccc1)CCO2)N1CCCCC1. The molecule has 1 fully saturated rings. The summed E-state index contributed by atoms with van der Waals surface area (Å²) in [5, 5.41) is 0. The van der Waals surface area contributed by atoms with Gasteiger partial charge in [-0.05, 0) is 37.5 Å². The van der Waals surface area contributed by atoms with Crippen molar-refractivity contribution >= 4 is 21.6 Å². The number of aromatic nitrogens is 1. The van der Waals surface area contributed by atoms with E-state index in [9.17, 15) is 13.2 Å². The van der Waals surface area contributed by atoms with E-state index in [-0.39, 0.29) is 29.8 Å². The number of fused-ring (bicyclic) bond motifs is 1. The number of amides is 1. The summed E-state index contributed by atoms with van der Waals surface area (Å²) < 4.78 is 33.0. The summed E-state index contributed by atoms with van der Waals surface area (Å²) in [5.41, 5.74) is 0.697. The second-order valence-electron chi connectivity index (χ2n) is 6.64. The number of sulfonamides is 1. The van der Waals surface area contributed by atoms with Crippen LogP contribution in [0.25, 0.3) is 0 Å². The number of rotatable bonds is 3. The number of carbonyl (C=O) groups is 1. The lowest BCUT2D eigenvalue weighted by molar-refractivity contribution is 0.0724. The Bertz CT molecular complexity index is 941. The van der Waals surface area contributed by atoms with E-state index in [1.807, 2.05) is 0 Å². The van der Waals surface area contributed by atoms with Crippen LogP contribution >= 0.6 is 0 Å². The number of likely N-dealkylation sites (tertiary alicyclic amines) is 1. The second kappa shape index (κ2) is 7.19. The van der Waals surface area contributed by atoms with Crippen LogP contribution in [0.4, 0.5) is 5.69 Å². The molecule has 1 aromatic heterocycles. The van der Waals surface area contributed by atoms with Crippen LogP contribution in [-0.2, 0) is 10.0 Å². The maximum Gasteiger partial charge on any atom is 0.264 e. The highest BCUT2D eigenvalue weighted by molar-refractivity contribution is 7.92. The van der Waals surface area contributed by atoms with Crippen LogP contribution in [0.2, 0.25) is 0 Å². The molecule has 0 spiro atoms. The maximum absolute atomic E-state index is 13.1. The van der Waals surface area contributed by atoms with Crippen molar-refractivity contribution in [3.8, 4) is 5.88 Å². The zero-order chi connectivity index (χ0) is 18.9. The normalized spacial score (nSPS) is 17.2. The van der Waals surface area contributed by atoms with Gasteiger partial charge in [0, 0.05) is 19.3 Å². The van der Waals surface area contributed by atoms with Gasteiger partial charge in [0.15, 0.2) is 0 Å². The number of benzene rings is 1. The third kappa shape index (κ3) is 3.37. The fraction of sp³-hybridized carbons (Fsp3) is 0.368. The molecule has 0 bridgehead atoms. The van der Waals surface area contributed by atoms with E-state index >= 15 is 0 Å². The van der Waals surface area contributed by atoms with Crippen LogP contribution < -0.4 is 9.04 Å². The van der Waals surface area contributed by atoms with Gasteiger partial charge in [-0.2, -0.15) is 0 Å². The van der Waals surface area contributed by atoms with E-state index in [1.165, 1.54) is 10.5 Å². The van der Waals surface area contributed by atoms with Crippen molar-refractivity contribution in [2.24, 2.45) is 0 Å². The summed E-state index contributed by atoms with van der Waals surface area (Å²) in [6.07, 6.45) is 4.57. The lowest BCUT2D eigenvalue weighted by Gasteiger charge is -2.31. The summed E-state index contributed by atoms with van der Waals surface area (Å²) in [6.45, 7) is 1.83. The lowest BCUT2D eigenvalue weighted by atomic mass is 10.1. The molecule has 2 aliphatic rings. The fourth-order valence-corrected chi connectivity index (χ4v) is 4.90. The van der Waals surface area contributed by atoms with Gasteiger partial charge in [-0.15, -0.1) is 0 Å². The Morgan fingerprint density at radius 2 is 1.78 bits per heavy atom. The summed E-state index contributed by atoms with van der Waals surface area (Å²) in [5.74, 6) is 0.114. The highest BCUT2D eigenvalue weighted by Gasteiger charge is 2.32. The van der Waals surface area contributed by atoms with Crippen molar-refractivity contribution in [3.05, 3.63) is 48.2 Å². The molecule has 3 heterocycles. The predicted molar refractivity (Wildman–Crippen MR) is 100 cm³/mol. The molecule has 0 saturated carbocycles. The van der Waals surface area contributed by atoms with Crippen LogP contribution in [0.15, 0.2) is 47.5 Å². The Labute approximate surface area is 158 Å². The van der Waals surface area contributed by atoms with Crippen LogP contribution in [0.1, 0.15) is 29.6 Å². The standard InChI is InChI=1S/C19H21N3O4S/c23-19(21-9-5-2-6-10-21)15-13-17-18(20-14-15)26-12-11-22(17)27(24,25)16-7-3-1-4-8-16/h1,3-4,7-8,13-14H,2,5-6,9-12H2. The first-order chi connectivity index (χ1) is 13.1. The third-order valence-corrected chi connectivity index (χ3v) is 6.68. The monoisotopic (exact) mass is 387 g/mol. The molecule has 0 unspecified atom stereocenters. The molecule has 1 aromatic carbocycles. The number of nitrogens with zero attached hydrogens (tertiary/aromatic N) is 3. The summed E-state index contributed by atoms with van der Waals surface area (Å²) >= 11 is 0. The van der Waals surface area contributed by atoms with Crippen molar-refractivity contribution in [1.29, 1.82) is 0 Å². The Morgan fingerprint density at radius 1 is 1.04 bits per heavy atom. The molecule has 1 saturated heterocycles. The number of hydrogen-bond acceptors (Lipinski definition) is 5. The van der Waals surface area contributed by atoms with Gasteiger partial charge in [-0.3, -0.25) is 9.10 Å². The minimum absolute atomic E-state index is 0.118. The minimum Gasteiger partial charge on any atom is -0.474 e. The molecule has 0 radical (unpaired) electrons. The fourth-order valence-electron chi connectivity index (χ4n) is 3.44. The van der Waals surface area contributed by atoms with Gasteiger partial charge in [0.2, 0.25) is 5.88 Å². The van der Waals surface area contributed by atoms with Crippen molar-refractivity contribution < 1.29 is 17.9 Å². The van der Waals surface area contributed by atoms with E-state index in [0.717, 1.165) is 32.4 Å². The topological polar surface area (TPSA) is 79.8 Å². The van der Waals surface area contributed by atoms with E-state index in [1.54, 1.807) is 41.3 Å². The smallest absolute Gasteiger partial charge is 0.264 e. The minimum atomic E-state index is -3.75. The Kier molecular flexibility index (Phi) is 4.73. The zero-order valence-electron chi connectivity index (χ0n) is 14.9. The first kappa shape index (κ1) is 17.8. The van der Waals surface area contributed by atoms with Crippen molar-refractivity contribution in [3.63, 3.8) is 0 Å². The van der Waals surface area contributed by atoms with Gasteiger partial charge in [0.05, 0.1) is 17.0 Å². The van der Waals surface area contributed by atoms with E-state index in [4.69, 9.17) is 4.74 Å². The molecule has 2 aliphatic heterocycles. The number of carbonyl (C=O) groups excluding carboxylic acids is 1. The summed E-state index contributed by atoms with van der Waals surface area (Å²) in [4.78, 5) is 19.0. The lowest BCUT2D eigenvalue weighted by Crippen LogP contribution is -2.39. The van der Waals surface area contributed by atoms with Crippen molar-refractivity contribution in [2.45, 2.75) is 24.2 Å². The first-order valence-electron chi connectivity index (χ1n) is 9.07. The van der Waals surface area contributed by atoms with Gasteiger partial charge in [0.25, 0.3) is 15.9 Å². The molecule has 0 atom stereocenters. The first-order valence-corrected chi connectivity index (χ1v) is 10.5. The molecular weight excluding hydrogens is 366 g/mol. The Balaban J connectivity index is 1.70. The van der Waals surface area contributed by atoms with Gasteiger partial charge >= 0.3 is 0 Å². The van der Waals surface area contributed by atoms with Crippen LogP contribution in [-0.4, -0.2) is 50.5 Å². The van der Waals surface area contributed by atoms with Crippen LogP contribution in [0.3, 0.4) is 0 Å². The predicted octanol–water partition coefficient (Wildman–Crippen LogP) is 2.30. The summed E-state index contributed by atoms with van der Waals surface area (Å²) in [6, 6.07) is 9.83. The van der Waals surface area contributed by atoms with Gasteiger partial charge in [-0.25, -0.2) is 13.4 Å². The zero-order valence-corrected chi connectivity index (χ0v) is 15.7. The van der Waals surface area contributed by atoms with Crippen LogP contribution in [0.5, 0.6) is 5.88 Å². The molecule has 8 heteroatoms. The quantitative estimate of drug-likeness (QED) is 0.807. The van der Waals surface area contributed by atoms with Gasteiger partial charge in [0.1, 0.15) is 12.3 Å². The maximum atomic E-state index is 13.1. The number of anilines is 1. The molecule has 27 heavy (non-hydrogen) atoms. The summed E-state index contributed by atoms with van der Waals surface area (Å²) in [7, 11) is -3.75. The molecule has 0 N–H and O–H groups in total. The number of hydrogen-bond donors (Lipinski definition) is 0. The average molecular weight is 387 g/mol. The van der Waals surface area contributed by atoms with E-state index in [2.05, 4.69) is 4.98 Å². The molecule has 142 valence electrons. The molecule has 7 nitrogen and oxygen atoms in total. The largest absolute Gasteiger partial charge is 0.474 e. The highest BCUT2D eigenvalue weighted by atomic mass is 32.2. The molecular formula is C19H21N3O4S. The Morgan fingerprint density at radius 3 is 2.52 bits per heavy atom. The number of piperidine rings is 1. The molecule has 0 aliphatic carbocycles. The van der Waals surface area contributed by atoms with E-state index in [0.29, 0.717) is 11.3 Å². The van der Waals surface area contributed by atoms with Crippen molar-refractivity contribution in [1.82, 2.24) is 9.88 Å². The second-order valence-corrected chi connectivity index (χ2v) is 8.50. The van der Waals surface area contributed by atoms with Crippen molar-refractivity contribution in [2.75, 3.05) is 30.5 Å². The van der Waals surface area contributed by atoms with Crippen LogP contribution in [0, 0.1) is 0 Å². The van der Waals surface area contributed by atoms with Gasteiger partial charge < -0.3 is 9.64 Å². The molecule has 4 rings (SSSR count). The Hall–Kier alpha value is -2.61. The number of pyridine rings is 1.